The number of carbonyl (C=O) groups is 1. The van der Waals surface area contributed by atoms with E-state index in [1.165, 1.54) is 0 Å². The van der Waals surface area contributed by atoms with Crippen molar-refractivity contribution in [2.24, 2.45) is 0 Å². The first-order chi connectivity index (χ1) is 12.2. The van der Waals surface area contributed by atoms with Crippen LogP contribution in [0.3, 0.4) is 0 Å². The van der Waals surface area contributed by atoms with E-state index in [0.717, 1.165) is 24.0 Å². The lowest BCUT2D eigenvalue weighted by Gasteiger charge is -2.12. The van der Waals surface area contributed by atoms with E-state index in [0.29, 0.717) is 10.6 Å². The third kappa shape index (κ3) is 5.78. The quantitative estimate of drug-likeness (QED) is 0.408. The zero-order chi connectivity index (χ0) is 19.3. The number of benzene rings is 1. The van der Waals surface area contributed by atoms with Crippen molar-refractivity contribution in [2.75, 3.05) is 6.61 Å². The number of esters is 1. The van der Waals surface area contributed by atoms with Gasteiger partial charge in [0.2, 0.25) is 5.01 Å². The van der Waals surface area contributed by atoms with Crippen LogP contribution in [0.2, 0.25) is 5.02 Å². The molecular formula is C16H12BrClF3NO3S. The molecule has 0 amide bonds. The molecule has 0 N–H and O–H groups in total. The standard InChI is InChI=1S/C16H12BrClF3NO3S/c1-2-24-15(23)13(17)25-10-3-5-11(6-4-10)26-14-12(18)7-9(8-22-14)16(19,20)21/h3-8,13H,2H2,1H3. The van der Waals surface area contributed by atoms with Gasteiger partial charge >= 0.3 is 12.1 Å². The third-order valence-corrected chi connectivity index (χ3v) is 4.87. The number of hydrogen-bond acceptors (Lipinski definition) is 5. The number of ether oxygens (including phenoxy) is 2. The van der Waals surface area contributed by atoms with Crippen molar-refractivity contribution in [2.45, 2.75) is 28.0 Å². The largest absolute Gasteiger partial charge is 0.467 e. The lowest BCUT2D eigenvalue weighted by molar-refractivity contribution is -0.146. The Kier molecular flexibility index (Phi) is 7.19. The Hall–Kier alpha value is -1.45. The minimum Gasteiger partial charge on any atom is -0.467 e. The molecule has 26 heavy (non-hydrogen) atoms. The van der Waals surface area contributed by atoms with Crippen molar-refractivity contribution in [1.29, 1.82) is 0 Å². The van der Waals surface area contributed by atoms with Gasteiger partial charge in [-0.15, -0.1) is 0 Å². The molecule has 0 aliphatic heterocycles. The molecule has 4 nitrogen and oxygen atoms in total. The topological polar surface area (TPSA) is 48.4 Å². The summed E-state index contributed by atoms with van der Waals surface area (Å²) in [5, 5.41) is -0.779. The smallest absolute Gasteiger partial charge is 0.417 e. The number of nitrogens with zero attached hydrogens (tertiary/aromatic N) is 1. The van der Waals surface area contributed by atoms with E-state index < -0.39 is 22.7 Å². The van der Waals surface area contributed by atoms with Gasteiger partial charge in [-0.2, -0.15) is 13.2 Å². The molecule has 1 atom stereocenters. The zero-order valence-electron chi connectivity index (χ0n) is 13.2. The Labute approximate surface area is 165 Å². The molecule has 1 unspecified atom stereocenters. The lowest BCUT2D eigenvalue weighted by Crippen LogP contribution is -2.23. The lowest BCUT2D eigenvalue weighted by atomic mass is 10.3. The molecule has 1 heterocycles. The third-order valence-electron chi connectivity index (χ3n) is 2.88. The van der Waals surface area contributed by atoms with E-state index in [-0.39, 0.29) is 16.7 Å². The van der Waals surface area contributed by atoms with Crippen LogP contribution in [0.1, 0.15) is 12.5 Å². The minimum atomic E-state index is -4.50. The molecule has 0 fully saturated rings. The molecule has 0 saturated carbocycles. The number of pyridine rings is 1. The van der Waals surface area contributed by atoms with Gasteiger partial charge < -0.3 is 9.47 Å². The van der Waals surface area contributed by atoms with Crippen LogP contribution in [-0.2, 0) is 15.7 Å². The highest BCUT2D eigenvalue weighted by molar-refractivity contribution is 9.09. The zero-order valence-corrected chi connectivity index (χ0v) is 16.4. The number of hydrogen-bond donors (Lipinski definition) is 0. The van der Waals surface area contributed by atoms with Crippen LogP contribution in [-0.4, -0.2) is 22.6 Å². The van der Waals surface area contributed by atoms with Gasteiger partial charge in [0.25, 0.3) is 0 Å². The molecular weight excluding hydrogens is 459 g/mol. The fourth-order valence-corrected chi connectivity index (χ4v) is 3.12. The number of alkyl halides is 4. The monoisotopic (exact) mass is 469 g/mol. The highest BCUT2D eigenvalue weighted by Crippen LogP contribution is 2.36. The second-order valence-electron chi connectivity index (χ2n) is 4.77. The Morgan fingerprint density at radius 2 is 2.00 bits per heavy atom. The number of halogens is 5. The van der Waals surface area contributed by atoms with Crippen molar-refractivity contribution >= 4 is 45.3 Å². The molecule has 2 aromatic rings. The van der Waals surface area contributed by atoms with E-state index in [9.17, 15) is 18.0 Å². The van der Waals surface area contributed by atoms with Crippen LogP contribution in [0.15, 0.2) is 46.5 Å². The van der Waals surface area contributed by atoms with Crippen molar-refractivity contribution in [3.63, 3.8) is 0 Å². The molecule has 1 aromatic carbocycles. The summed E-state index contributed by atoms with van der Waals surface area (Å²) in [5.41, 5.74) is -0.905. The number of rotatable bonds is 6. The average Bonchev–Trinajstić information content (AvgIpc) is 2.57. The Bertz CT molecular complexity index is 774. The number of aromatic nitrogens is 1. The molecule has 10 heteroatoms. The van der Waals surface area contributed by atoms with E-state index in [1.807, 2.05) is 0 Å². The highest BCUT2D eigenvalue weighted by Gasteiger charge is 2.31. The van der Waals surface area contributed by atoms with Gasteiger partial charge in [0.15, 0.2) is 0 Å². The predicted molar refractivity (Wildman–Crippen MR) is 94.8 cm³/mol. The van der Waals surface area contributed by atoms with E-state index >= 15 is 0 Å². The highest BCUT2D eigenvalue weighted by atomic mass is 79.9. The van der Waals surface area contributed by atoms with Gasteiger partial charge in [-0.25, -0.2) is 9.78 Å². The Morgan fingerprint density at radius 1 is 1.35 bits per heavy atom. The van der Waals surface area contributed by atoms with E-state index in [1.54, 1.807) is 31.2 Å². The van der Waals surface area contributed by atoms with Crippen LogP contribution in [0, 0.1) is 0 Å². The molecule has 1 aromatic heterocycles. The molecule has 0 aliphatic carbocycles. The van der Waals surface area contributed by atoms with Crippen molar-refractivity contribution in [1.82, 2.24) is 4.98 Å². The molecule has 0 aliphatic rings. The van der Waals surface area contributed by atoms with Gasteiger partial charge in [0.05, 0.1) is 17.2 Å². The first kappa shape index (κ1) is 20.9. The molecule has 140 valence electrons. The van der Waals surface area contributed by atoms with Crippen LogP contribution >= 0.6 is 39.3 Å². The summed E-state index contributed by atoms with van der Waals surface area (Å²) < 4.78 is 48.1. The van der Waals surface area contributed by atoms with Crippen LogP contribution < -0.4 is 4.74 Å². The normalized spacial score (nSPS) is 12.5. The summed E-state index contributed by atoms with van der Waals surface area (Å²) in [7, 11) is 0. The maximum atomic E-state index is 12.6. The number of carbonyl (C=O) groups excluding carboxylic acids is 1. The first-order valence-corrected chi connectivity index (χ1v) is 9.29. The van der Waals surface area contributed by atoms with Crippen molar-refractivity contribution in [3.8, 4) is 5.75 Å². The average molecular weight is 471 g/mol. The van der Waals surface area contributed by atoms with Crippen molar-refractivity contribution < 1.29 is 27.4 Å². The Balaban J connectivity index is 2.04. The second kappa shape index (κ2) is 8.96. The molecule has 2 rings (SSSR count). The summed E-state index contributed by atoms with van der Waals surface area (Å²) >= 11 is 10.1. The predicted octanol–water partition coefficient (Wildman–Crippen LogP) is 5.57. The van der Waals surface area contributed by atoms with Gasteiger partial charge in [0.1, 0.15) is 10.8 Å². The molecule has 0 bridgehead atoms. The summed E-state index contributed by atoms with van der Waals surface area (Å²) in [6.07, 6.45) is -3.76. The van der Waals surface area contributed by atoms with Gasteiger partial charge in [-0.3, -0.25) is 0 Å². The molecule has 0 radical (unpaired) electrons. The van der Waals surface area contributed by atoms with Gasteiger partial charge in [0, 0.05) is 11.1 Å². The van der Waals surface area contributed by atoms with Gasteiger partial charge in [-0.05, 0) is 53.2 Å². The van der Waals surface area contributed by atoms with Crippen molar-refractivity contribution in [3.05, 3.63) is 47.1 Å². The molecule has 0 spiro atoms. The maximum Gasteiger partial charge on any atom is 0.417 e. The minimum absolute atomic E-state index is 0.0898. The van der Waals surface area contributed by atoms with Crippen LogP contribution in [0.4, 0.5) is 13.2 Å². The summed E-state index contributed by atoms with van der Waals surface area (Å²) in [6, 6.07) is 7.38. The summed E-state index contributed by atoms with van der Waals surface area (Å²) in [6.45, 7) is 1.92. The fourth-order valence-electron chi connectivity index (χ4n) is 1.73. The van der Waals surface area contributed by atoms with E-state index in [2.05, 4.69) is 20.9 Å². The van der Waals surface area contributed by atoms with Crippen LogP contribution in [0.25, 0.3) is 0 Å². The summed E-state index contributed by atoms with van der Waals surface area (Å²) in [5.74, 6) is -0.137. The second-order valence-corrected chi connectivity index (χ2v) is 7.07. The SMILES string of the molecule is CCOC(=O)C(Br)Oc1ccc(Sc2ncc(C(F)(F)F)cc2Cl)cc1. The first-order valence-electron chi connectivity index (χ1n) is 7.18. The molecule has 0 saturated heterocycles. The van der Waals surface area contributed by atoms with Crippen LogP contribution in [0.5, 0.6) is 5.75 Å². The van der Waals surface area contributed by atoms with Gasteiger partial charge in [-0.1, -0.05) is 23.4 Å². The maximum absolute atomic E-state index is 12.6. The van der Waals surface area contributed by atoms with E-state index in [4.69, 9.17) is 21.1 Å². The fraction of sp³-hybridized carbons (Fsp3) is 0.250. The Morgan fingerprint density at radius 3 is 2.54 bits per heavy atom. The summed E-state index contributed by atoms with van der Waals surface area (Å²) in [4.78, 5) is 15.9.